The van der Waals surface area contributed by atoms with Gasteiger partial charge in [0.15, 0.2) is 5.16 Å². The molecular weight excluding hydrogens is 300 g/mol. The number of rotatable bonds is 6. The lowest BCUT2D eigenvalue weighted by molar-refractivity contribution is -0.141. The van der Waals surface area contributed by atoms with Gasteiger partial charge in [-0.1, -0.05) is 49.0 Å². The highest BCUT2D eigenvalue weighted by Crippen LogP contribution is 2.14. The zero-order valence-electron chi connectivity index (χ0n) is 12.6. The molecule has 1 aromatic heterocycles. The molecular formula is C16H18N2O3S. The molecule has 0 N–H and O–H groups in total. The molecule has 0 aliphatic carbocycles. The Hall–Kier alpha value is -2.08. The van der Waals surface area contributed by atoms with E-state index in [2.05, 4.69) is 4.98 Å². The third kappa shape index (κ3) is 4.46. The molecule has 0 aliphatic rings. The van der Waals surface area contributed by atoms with Crippen LogP contribution in [0.4, 0.5) is 0 Å². The van der Waals surface area contributed by atoms with Crippen molar-refractivity contribution in [2.45, 2.75) is 25.1 Å². The fourth-order valence-electron chi connectivity index (χ4n) is 1.78. The van der Waals surface area contributed by atoms with Crippen LogP contribution in [0.3, 0.4) is 0 Å². The van der Waals surface area contributed by atoms with Crippen molar-refractivity contribution in [2.24, 2.45) is 7.05 Å². The van der Waals surface area contributed by atoms with Crippen LogP contribution < -0.4 is 5.56 Å². The maximum atomic E-state index is 11.8. The first kappa shape index (κ1) is 16.3. The number of carbonyl (C=O) groups is 1. The van der Waals surface area contributed by atoms with Crippen molar-refractivity contribution in [1.82, 2.24) is 9.55 Å². The first-order valence-corrected chi connectivity index (χ1v) is 7.98. The molecule has 0 saturated heterocycles. The quantitative estimate of drug-likeness (QED) is 0.464. The fraction of sp³-hybridized carbons (Fsp3) is 0.312. The summed E-state index contributed by atoms with van der Waals surface area (Å²) in [4.78, 5) is 27.9. The van der Waals surface area contributed by atoms with Crippen molar-refractivity contribution in [3.05, 3.63) is 58.0 Å². The van der Waals surface area contributed by atoms with E-state index in [9.17, 15) is 9.59 Å². The van der Waals surface area contributed by atoms with Crippen LogP contribution >= 0.6 is 11.8 Å². The molecule has 6 heteroatoms. The average molecular weight is 318 g/mol. The summed E-state index contributed by atoms with van der Waals surface area (Å²) in [6.45, 7) is 2.19. The van der Waals surface area contributed by atoms with E-state index in [1.807, 2.05) is 37.3 Å². The Balaban J connectivity index is 1.91. The molecule has 0 amide bonds. The van der Waals surface area contributed by atoms with Gasteiger partial charge in [0.1, 0.15) is 6.61 Å². The minimum Gasteiger partial charge on any atom is -0.460 e. The highest BCUT2D eigenvalue weighted by atomic mass is 32.2. The molecule has 0 unspecified atom stereocenters. The largest absolute Gasteiger partial charge is 0.460 e. The topological polar surface area (TPSA) is 61.2 Å². The number of thioether (sulfide) groups is 1. The molecule has 1 aromatic carbocycles. The summed E-state index contributed by atoms with van der Waals surface area (Å²) in [5, 5.41) is 0.529. The van der Waals surface area contributed by atoms with Gasteiger partial charge in [-0.15, -0.1) is 0 Å². The van der Waals surface area contributed by atoms with Gasteiger partial charge in [0, 0.05) is 18.8 Å². The van der Waals surface area contributed by atoms with Crippen molar-refractivity contribution in [1.29, 1.82) is 0 Å². The van der Waals surface area contributed by atoms with Crippen LogP contribution in [0.25, 0.3) is 0 Å². The third-order valence-electron chi connectivity index (χ3n) is 3.07. The van der Waals surface area contributed by atoms with Crippen LogP contribution in [0.15, 0.2) is 46.3 Å². The standard InChI is InChI=1S/C16H18N2O3S/c1-3-13-9-14(19)18(2)16(17-13)22-11-15(20)21-10-12-7-5-4-6-8-12/h4-9H,3,10-11H2,1-2H3. The summed E-state index contributed by atoms with van der Waals surface area (Å²) in [5.41, 5.74) is 1.55. The lowest BCUT2D eigenvalue weighted by atomic mass is 10.2. The maximum Gasteiger partial charge on any atom is 0.316 e. The molecule has 2 rings (SSSR count). The number of esters is 1. The summed E-state index contributed by atoms with van der Waals surface area (Å²) in [6, 6.07) is 11.0. The van der Waals surface area contributed by atoms with E-state index in [1.165, 1.54) is 22.4 Å². The molecule has 22 heavy (non-hydrogen) atoms. The summed E-state index contributed by atoms with van der Waals surface area (Å²) in [5.74, 6) is -0.203. The van der Waals surface area contributed by atoms with Gasteiger partial charge in [-0.2, -0.15) is 0 Å². The van der Waals surface area contributed by atoms with Crippen LogP contribution in [0.1, 0.15) is 18.2 Å². The average Bonchev–Trinajstić information content (AvgIpc) is 2.55. The van der Waals surface area contributed by atoms with Gasteiger partial charge in [-0.05, 0) is 12.0 Å². The van der Waals surface area contributed by atoms with E-state index in [0.717, 1.165) is 11.3 Å². The number of aryl methyl sites for hydroxylation is 1. The number of hydrogen-bond acceptors (Lipinski definition) is 5. The van der Waals surface area contributed by atoms with Gasteiger partial charge < -0.3 is 4.74 Å². The fourth-order valence-corrected chi connectivity index (χ4v) is 2.57. The Labute approximate surface area is 133 Å². The summed E-state index contributed by atoms with van der Waals surface area (Å²) in [6.07, 6.45) is 0.683. The molecule has 0 aliphatic heterocycles. The van der Waals surface area contributed by atoms with E-state index in [1.54, 1.807) is 7.05 Å². The van der Waals surface area contributed by atoms with Crippen molar-refractivity contribution in [3.63, 3.8) is 0 Å². The summed E-state index contributed by atoms with van der Waals surface area (Å²) in [7, 11) is 1.65. The highest BCUT2D eigenvalue weighted by Gasteiger charge is 2.10. The van der Waals surface area contributed by atoms with Gasteiger partial charge >= 0.3 is 5.97 Å². The van der Waals surface area contributed by atoms with Crippen LogP contribution in [-0.2, 0) is 29.6 Å². The summed E-state index contributed by atoms with van der Waals surface area (Å²) >= 11 is 1.21. The minimum absolute atomic E-state index is 0.119. The molecule has 116 valence electrons. The second-order valence-corrected chi connectivity index (χ2v) is 5.66. The van der Waals surface area contributed by atoms with Crippen LogP contribution in [-0.4, -0.2) is 21.3 Å². The summed E-state index contributed by atoms with van der Waals surface area (Å²) < 4.78 is 6.64. The minimum atomic E-state index is -0.329. The molecule has 0 radical (unpaired) electrons. The second-order valence-electron chi connectivity index (χ2n) is 4.72. The molecule has 5 nitrogen and oxygen atoms in total. The van der Waals surface area contributed by atoms with Gasteiger partial charge in [-0.25, -0.2) is 4.98 Å². The number of hydrogen-bond donors (Lipinski definition) is 0. The van der Waals surface area contributed by atoms with Gasteiger partial charge in [0.2, 0.25) is 0 Å². The molecule has 0 saturated carbocycles. The number of carbonyl (C=O) groups excluding carboxylic acids is 1. The van der Waals surface area contributed by atoms with Gasteiger partial charge in [0.25, 0.3) is 5.56 Å². The SMILES string of the molecule is CCc1cc(=O)n(C)c(SCC(=O)OCc2ccccc2)n1. The normalized spacial score (nSPS) is 10.5. The highest BCUT2D eigenvalue weighted by molar-refractivity contribution is 7.99. The predicted octanol–water partition coefficient (Wildman–Crippen LogP) is 2.18. The van der Waals surface area contributed by atoms with E-state index in [-0.39, 0.29) is 23.9 Å². The molecule has 0 spiro atoms. The monoisotopic (exact) mass is 318 g/mol. The van der Waals surface area contributed by atoms with Gasteiger partial charge in [0.05, 0.1) is 5.75 Å². The van der Waals surface area contributed by atoms with Crippen LogP contribution in [0, 0.1) is 0 Å². The van der Waals surface area contributed by atoms with Crippen molar-refractivity contribution >= 4 is 17.7 Å². The lowest BCUT2D eigenvalue weighted by Gasteiger charge is -2.08. The van der Waals surface area contributed by atoms with E-state index < -0.39 is 0 Å². The second kappa shape index (κ2) is 7.79. The third-order valence-corrected chi connectivity index (χ3v) is 4.07. The zero-order valence-corrected chi connectivity index (χ0v) is 13.4. The van der Waals surface area contributed by atoms with E-state index in [4.69, 9.17) is 4.74 Å². The molecule has 2 aromatic rings. The first-order valence-electron chi connectivity index (χ1n) is 6.99. The number of ether oxygens (including phenoxy) is 1. The van der Waals surface area contributed by atoms with E-state index >= 15 is 0 Å². The molecule has 0 fully saturated rings. The van der Waals surface area contributed by atoms with Crippen molar-refractivity contribution in [2.75, 3.05) is 5.75 Å². The molecule has 0 atom stereocenters. The number of nitrogens with zero attached hydrogens (tertiary/aromatic N) is 2. The zero-order chi connectivity index (χ0) is 15.9. The smallest absolute Gasteiger partial charge is 0.316 e. The first-order chi connectivity index (χ1) is 10.6. The van der Waals surface area contributed by atoms with Crippen molar-refractivity contribution < 1.29 is 9.53 Å². The molecule has 1 heterocycles. The van der Waals surface area contributed by atoms with E-state index in [0.29, 0.717) is 11.6 Å². The Bertz CT molecular complexity index is 698. The van der Waals surface area contributed by atoms with Crippen LogP contribution in [0.2, 0.25) is 0 Å². The Morgan fingerprint density at radius 2 is 2.05 bits per heavy atom. The Kier molecular flexibility index (Phi) is 5.77. The van der Waals surface area contributed by atoms with Gasteiger partial charge in [-0.3, -0.25) is 14.2 Å². The molecule has 0 bridgehead atoms. The lowest BCUT2D eigenvalue weighted by Crippen LogP contribution is -2.20. The van der Waals surface area contributed by atoms with Crippen molar-refractivity contribution in [3.8, 4) is 0 Å². The number of benzene rings is 1. The predicted molar refractivity (Wildman–Crippen MR) is 85.8 cm³/mol. The Morgan fingerprint density at radius 3 is 2.73 bits per heavy atom. The Morgan fingerprint density at radius 1 is 1.32 bits per heavy atom. The maximum absolute atomic E-state index is 11.8. The van der Waals surface area contributed by atoms with Crippen LogP contribution in [0.5, 0.6) is 0 Å². The number of aromatic nitrogens is 2.